The molecule has 7 heteroatoms. The van der Waals surface area contributed by atoms with Crippen LogP contribution in [-0.2, 0) is 6.54 Å². The Balaban J connectivity index is 1.58. The Labute approximate surface area is 167 Å². The molecule has 3 N–H and O–H groups in total. The molecule has 1 atom stereocenters. The van der Waals surface area contributed by atoms with Gasteiger partial charge in [0.1, 0.15) is 24.2 Å². The Morgan fingerprint density at radius 3 is 2.46 bits per heavy atom. The van der Waals surface area contributed by atoms with Crippen molar-refractivity contribution in [2.45, 2.75) is 43.9 Å². The summed E-state index contributed by atoms with van der Waals surface area (Å²) in [4.78, 5) is 4.52. The second kappa shape index (κ2) is 9.89. The minimum absolute atomic E-state index is 0.188. The molecule has 0 amide bonds. The van der Waals surface area contributed by atoms with Crippen molar-refractivity contribution in [2.75, 3.05) is 53.0 Å². The number of benzene rings is 1. The quantitative estimate of drug-likeness (QED) is 0.572. The van der Waals surface area contributed by atoms with E-state index in [-0.39, 0.29) is 13.2 Å². The SMILES string of the molecule is COc1ccc(CN2CCC(O)(CO)CC2)c(OC[C@@H](O)CN2CCCC2)c1. The summed E-state index contributed by atoms with van der Waals surface area (Å²) in [6.07, 6.45) is 3.00. The summed E-state index contributed by atoms with van der Waals surface area (Å²) in [6, 6.07) is 5.77. The van der Waals surface area contributed by atoms with Gasteiger partial charge in [0.25, 0.3) is 0 Å². The van der Waals surface area contributed by atoms with Gasteiger partial charge in [-0.2, -0.15) is 0 Å². The first-order valence-electron chi connectivity index (χ1n) is 10.3. The fourth-order valence-corrected chi connectivity index (χ4v) is 3.96. The third kappa shape index (κ3) is 5.81. The molecule has 0 aliphatic carbocycles. The predicted octanol–water partition coefficient (Wildman–Crippen LogP) is 0.850. The zero-order chi connectivity index (χ0) is 20.0. The van der Waals surface area contributed by atoms with Gasteiger partial charge in [-0.15, -0.1) is 0 Å². The first-order valence-corrected chi connectivity index (χ1v) is 10.3. The van der Waals surface area contributed by atoms with Gasteiger partial charge in [-0.3, -0.25) is 4.90 Å². The molecule has 2 fully saturated rings. The van der Waals surface area contributed by atoms with E-state index in [2.05, 4.69) is 9.80 Å². The van der Waals surface area contributed by atoms with Crippen LogP contribution in [0.25, 0.3) is 0 Å². The third-order valence-electron chi connectivity index (χ3n) is 5.85. The molecule has 1 aromatic carbocycles. The Morgan fingerprint density at radius 1 is 1.11 bits per heavy atom. The Kier molecular flexibility index (Phi) is 7.54. The molecule has 1 aromatic rings. The van der Waals surface area contributed by atoms with Crippen molar-refractivity contribution < 1.29 is 24.8 Å². The maximum Gasteiger partial charge on any atom is 0.127 e. The molecule has 0 aromatic heterocycles. The van der Waals surface area contributed by atoms with Gasteiger partial charge in [0, 0.05) is 37.8 Å². The maximum absolute atomic E-state index is 10.3. The number of hydrogen-bond donors (Lipinski definition) is 3. The molecular formula is C21H34N2O5. The molecule has 0 unspecified atom stereocenters. The first-order chi connectivity index (χ1) is 13.5. The average molecular weight is 395 g/mol. The molecule has 7 nitrogen and oxygen atoms in total. The van der Waals surface area contributed by atoms with Crippen LogP contribution in [0.4, 0.5) is 0 Å². The van der Waals surface area contributed by atoms with E-state index in [1.54, 1.807) is 7.11 Å². The van der Waals surface area contributed by atoms with Crippen LogP contribution < -0.4 is 9.47 Å². The van der Waals surface area contributed by atoms with E-state index in [0.29, 0.717) is 25.9 Å². The highest BCUT2D eigenvalue weighted by atomic mass is 16.5. The number of hydrogen-bond acceptors (Lipinski definition) is 7. The third-order valence-corrected chi connectivity index (χ3v) is 5.85. The van der Waals surface area contributed by atoms with Crippen LogP contribution >= 0.6 is 0 Å². The van der Waals surface area contributed by atoms with Crippen molar-refractivity contribution in [1.29, 1.82) is 0 Å². The average Bonchev–Trinajstić information content (AvgIpc) is 3.22. The summed E-state index contributed by atoms with van der Waals surface area (Å²) in [5.74, 6) is 1.45. The van der Waals surface area contributed by atoms with Crippen molar-refractivity contribution in [3.05, 3.63) is 23.8 Å². The Bertz CT molecular complexity index is 613. The maximum atomic E-state index is 10.3. The van der Waals surface area contributed by atoms with Gasteiger partial charge in [0.15, 0.2) is 0 Å². The van der Waals surface area contributed by atoms with Gasteiger partial charge in [0.05, 0.1) is 19.3 Å². The molecule has 0 radical (unpaired) electrons. The number of aliphatic hydroxyl groups excluding tert-OH is 2. The summed E-state index contributed by atoms with van der Waals surface area (Å²) in [5, 5.41) is 29.9. The molecule has 0 spiro atoms. The van der Waals surface area contributed by atoms with Crippen molar-refractivity contribution in [1.82, 2.24) is 9.80 Å². The number of likely N-dealkylation sites (tertiary alicyclic amines) is 2. The molecule has 0 bridgehead atoms. The standard InChI is InChI=1S/C21H34N2O5/c1-27-19-5-4-17(13-23-10-6-21(26,16-24)7-11-23)20(12-19)28-15-18(25)14-22-8-2-3-9-22/h4-5,12,18,24-26H,2-3,6-11,13-16H2,1H3/t18-/m0/s1. The van der Waals surface area contributed by atoms with E-state index >= 15 is 0 Å². The monoisotopic (exact) mass is 394 g/mol. The van der Waals surface area contributed by atoms with Crippen molar-refractivity contribution in [2.24, 2.45) is 0 Å². The summed E-state index contributed by atoms with van der Waals surface area (Å²) in [5.41, 5.74) is 0.0821. The van der Waals surface area contributed by atoms with Crippen LogP contribution in [0, 0.1) is 0 Å². The molecule has 158 valence electrons. The number of methoxy groups -OCH3 is 1. The van der Waals surface area contributed by atoms with Gasteiger partial charge >= 0.3 is 0 Å². The molecule has 2 aliphatic heterocycles. The summed E-state index contributed by atoms with van der Waals surface area (Å²) < 4.78 is 11.3. The largest absolute Gasteiger partial charge is 0.497 e. The van der Waals surface area contributed by atoms with E-state index < -0.39 is 11.7 Å². The van der Waals surface area contributed by atoms with E-state index in [4.69, 9.17) is 9.47 Å². The second-order valence-electron chi connectivity index (χ2n) is 8.10. The lowest BCUT2D eigenvalue weighted by Gasteiger charge is -2.37. The fourth-order valence-electron chi connectivity index (χ4n) is 3.96. The van der Waals surface area contributed by atoms with Crippen LogP contribution in [0.15, 0.2) is 18.2 Å². The van der Waals surface area contributed by atoms with E-state index in [9.17, 15) is 15.3 Å². The number of rotatable bonds is 9. The zero-order valence-electron chi connectivity index (χ0n) is 16.8. The number of β-amino-alcohol motifs (C(OH)–C–C–N with tert-alkyl or cyclic N) is 1. The minimum atomic E-state index is -0.949. The van der Waals surface area contributed by atoms with Gasteiger partial charge in [-0.25, -0.2) is 0 Å². The number of aliphatic hydroxyl groups is 3. The Morgan fingerprint density at radius 2 is 1.82 bits per heavy atom. The molecule has 3 rings (SSSR count). The fraction of sp³-hybridized carbons (Fsp3) is 0.714. The molecular weight excluding hydrogens is 360 g/mol. The van der Waals surface area contributed by atoms with E-state index in [1.807, 2.05) is 18.2 Å². The summed E-state index contributed by atoms with van der Waals surface area (Å²) in [6.45, 7) is 4.95. The van der Waals surface area contributed by atoms with Gasteiger partial charge in [-0.05, 0) is 44.8 Å². The van der Waals surface area contributed by atoms with E-state index in [1.165, 1.54) is 12.8 Å². The summed E-state index contributed by atoms with van der Waals surface area (Å²) >= 11 is 0. The highest BCUT2D eigenvalue weighted by Gasteiger charge is 2.31. The molecule has 2 heterocycles. The smallest absolute Gasteiger partial charge is 0.127 e. The highest BCUT2D eigenvalue weighted by Crippen LogP contribution is 2.29. The van der Waals surface area contributed by atoms with Crippen LogP contribution in [-0.4, -0.2) is 89.9 Å². The molecule has 28 heavy (non-hydrogen) atoms. The van der Waals surface area contributed by atoms with Gasteiger partial charge in [-0.1, -0.05) is 6.07 Å². The van der Waals surface area contributed by atoms with Crippen LogP contribution in [0.1, 0.15) is 31.2 Å². The highest BCUT2D eigenvalue weighted by molar-refractivity contribution is 5.40. The summed E-state index contributed by atoms with van der Waals surface area (Å²) in [7, 11) is 1.63. The lowest BCUT2D eigenvalue weighted by molar-refractivity contribution is -0.0607. The van der Waals surface area contributed by atoms with Gasteiger partial charge in [0.2, 0.25) is 0 Å². The van der Waals surface area contributed by atoms with Crippen molar-refractivity contribution in [3.63, 3.8) is 0 Å². The Hall–Kier alpha value is -1.38. The minimum Gasteiger partial charge on any atom is -0.497 e. The van der Waals surface area contributed by atoms with Crippen LogP contribution in [0.2, 0.25) is 0 Å². The molecule has 2 aliphatic rings. The lowest BCUT2D eigenvalue weighted by atomic mass is 9.92. The van der Waals surface area contributed by atoms with Crippen molar-refractivity contribution >= 4 is 0 Å². The van der Waals surface area contributed by atoms with E-state index in [0.717, 1.165) is 43.2 Å². The number of nitrogens with zero attached hydrogens (tertiary/aromatic N) is 2. The predicted molar refractivity (Wildman–Crippen MR) is 107 cm³/mol. The number of ether oxygens (including phenoxy) is 2. The van der Waals surface area contributed by atoms with Gasteiger partial charge < -0.3 is 29.7 Å². The molecule has 0 saturated carbocycles. The number of piperidine rings is 1. The topological polar surface area (TPSA) is 85.6 Å². The second-order valence-corrected chi connectivity index (χ2v) is 8.10. The lowest BCUT2D eigenvalue weighted by Crippen LogP contribution is -2.46. The van der Waals surface area contributed by atoms with Crippen molar-refractivity contribution in [3.8, 4) is 11.5 Å². The van der Waals surface area contributed by atoms with Crippen LogP contribution in [0.5, 0.6) is 11.5 Å². The first kappa shape index (κ1) is 21.3. The molecule has 2 saturated heterocycles. The zero-order valence-corrected chi connectivity index (χ0v) is 16.8. The van der Waals surface area contributed by atoms with Crippen LogP contribution in [0.3, 0.4) is 0 Å². The normalized spacial score (nSPS) is 21.6.